The summed E-state index contributed by atoms with van der Waals surface area (Å²) in [4.78, 5) is -0.515. The summed E-state index contributed by atoms with van der Waals surface area (Å²) in [6.45, 7) is 0. The van der Waals surface area contributed by atoms with E-state index in [1.165, 1.54) is 30.3 Å². The molecule has 3 aromatic carbocycles. The first-order valence-electron chi connectivity index (χ1n) is 7.32. The van der Waals surface area contributed by atoms with E-state index in [-0.39, 0.29) is 19.8 Å². The van der Waals surface area contributed by atoms with Gasteiger partial charge in [0.25, 0.3) is 20.0 Å². The second kappa shape index (κ2) is 6.83. The van der Waals surface area contributed by atoms with E-state index in [0.29, 0.717) is 9.10 Å². The number of benzene rings is 3. The molecule has 0 aliphatic rings. The first-order valence-corrected chi connectivity index (χ1v) is 11.0. The summed E-state index contributed by atoms with van der Waals surface area (Å²) in [5.41, 5.74) is 0. The van der Waals surface area contributed by atoms with Crippen molar-refractivity contribution in [3.63, 3.8) is 0 Å². The predicted octanol–water partition coefficient (Wildman–Crippen LogP) is 4.16. The molecule has 0 bridgehead atoms. The number of rotatable bonds is 4. The maximum absolute atomic E-state index is 12.9. The van der Waals surface area contributed by atoms with Crippen molar-refractivity contribution in [2.24, 2.45) is 0 Å². The first-order chi connectivity index (χ1) is 12.2. The Kier molecular flexibility index (Phi) is 5.02. The molecule has 0 aliphatic carbocycles. The minimum Gasteiger partial charge on any atom is -0.206 e. The van der Waals surface area contributed by atoms with Gasteiger partial charge in [0, 0.05) is 7.05 Å². The Labute approximate surface area is 161 Å². The van der Waals surface area contributed by atoms with Crippen LogP contribution in [0.2, 0.25) is 10.0 Å². The van der Waals surface area contributed by atoms with E-state index in [0.717, 1.165) is 12.4 Å². The van der Waals surface area contributed by atoms with Gasteiger partial charge in [-0.25, -0.2) is 16.8 Å². The van der Waals surface area contributed by atoms with Gasteiger partial charge in [0.1, 0.15) is 4.90 Å². The van der Waals surface area contributed by atoms with Gasteiger partial charge in [-0.1, -0.05) is 63.3 Å². The molecule has 9 heteroatoms. The minimum atomic E-state index is -4.42. The van der Waals surface area contributed by atoms with Crippen LogP contribution in [0.15, 0.2) is 70.5 Å². The Morgan fingerprint density at radius 2 is 1.42 bits per heavy atom. The fourth-order valence-corrected chi connectivity index (χ4v) is 6.29. The molecular formula is C17H13Cl2NO4S2. The zero-order chi connectivity index (χ0) is 19.1. The van der Waals surface area contributed by atoms with Crippen molar-refractivity contribution >= 4 is 54.0 Å². The molecule has 0 radical (unpaired) electrons. The number of nitrogens with zero attached hydrogens (tertiary/aromatic N) is 1. The van der Waals surface area contributed by atoms with E-state index in [9.17, 15) is 16.8 Å². The lowest BCUT2D eigenvalue weighted by Crippen LogP contribution is -2.33. The van der Waals surface area contributed by atoms with Crippen molar-refractivity contribution in [3.8, 4) is 0 Å². The van der Waals surface area contributed by atoms with Crippen molar-refractivity contribution in [2.45, 2.75) is 9.79 Å². The SMILES string of the molecule is CN(S(=O)(=O)c1ccc2ccccc2c1)S(=O)(=O)c1cccc(Cl)c1Cl. The second-order valence-corrected chi connectivity index (χ2v) is 10.4. The van der Waals surface area contributed by atoms with Gasteiger partial charge < -0.3 is 0 Å². The van der Waals surface area contributed by atoms with Gasteiger partial charge in [0.15, 0.2) is 0 Å². The average molecular weight is 430 g/mol. The second-order valence-electron chi connectivity index (χ2n) is 5.45. The normalized spacial score (nSPS) is 12.6. The molecule has 0 N–H and O–H groups in total. The van der Waals surface area contributed by atoms with Crippen molar-refractivity contribution < 1.29 is 16.8 Å². The Morgan fingerprint density at radius 3 is 2.12 bits per heavy atom. The molecule has 0 aromatic heterocycles. The third-order valence-corrected chi connectivity index (χ3v) is 9.10. The molecule has 0 spiro atoms. The molecular weight excluding hydrogens is 417 g/mol. The smallest absolute Gasteiger partial charge is 0.206 e. The van der Waals surface area contributed by atoms with Crippen LogP contribution in [0.3, 0.4) is 0 Å². The number of fused-ring (bicyclic) bond motifs is 1. The zero-order valence-electron chi connectivity index (χ0n) is 13.4. The zero-order valence-corrected chi connectivity index (χ0v) is 16.6. The Hall–Kier alpha value is -1.64. The molecule has 3 aromatic rings. The van der Waals surface area contributed by atoms with Crippen LogP contribution in [0, 0.1) is 0 Å². The summed E-state index contributed by atoms with van der Waals surface area (Å²) in [5.74, 6) is 0. The van der Waals surface area contributed by atoms with Crippen molar-refractivity contribution in [2.75, 3.05) is 7.05 Å². The van der Waals surface area contributed by atoms with E-state index in [1.54, 1.807) is 18.2 Å². The van der Waals surface area contributed by atoms with E-state index in [2.05, 4.69) is 0 Å². The van der Waals surface area contributed by atoms with Crippen LogP contribution in [-0.4, -0.2) is 27.6 Å². The van der Waals surface area contributed by atoms with Gasteiger partial charge in [0.05, 0.1) is 14.9 Å². The molecule has 0 atom stereocenters. The number of hydrogen-bond donors (Lipinski definition) is 0. The van der Waals surface area contributed by atoms with Crippen LogP contribution < -0.4 is 0 Å². The summed E-state index contributed by atoms with van der Waals surface area (Å²) in [7, 11) is -7.78. The van der Waals surface area contributed by atoms with E-state index in [4.69, 9.17) is 23.2 Å². The van der Waals surface area contributed by atoms with Gasteiger partial charge in [0.2, 0.25) is 0 Å². The summed E-state index contributed by atoms with van der Waals surface area (Å²) in [6.07, 6.45) is 0. The average Bonchev–Trinajstić information content (AvgIpc) is 2.62. The molecule has 0 heterocycles. The van der Waals surface area contributed by atoms with Crippen LogP contribution in [0.5, 0.6) is 0 Å². The Morgan fingerprint density at radius 1 is 0.769 bits per heavy atom. The van der Waals surface area contributed by atoms with Crippen molar-refractivity contribution in [3.05, 3.63) is 70.7 Å². The Bertz CT molecular complexity index is 1210. The third-order valence-electron chi connectivity index (χ3n) is 3.89. The molecule has 5 nitrogen and oxygen atoms in total. The minimum absolute atomic E-state index is 0.0178. The third kappa shape index (κ3) is 3.21. The van der Waals surface area contributed by atoms with E-state index < -0.39 is 20.0 Å². The van der Waals surface area contributed by atoms with Gasteiger partial charge >= 0.3 is 0 Å². The highest BCUT2D eigenvalue weighted by atomic mass is 35.5. The number of sulfonamides is 2. The molecule has 0 unspecified atom stereocenters. The summed E-state index contributed by atoms with van der Waals surface area (Å²) >= 11 is 11.8. The van der Waals surface area contributed by atoms with Crippen LogP contribution in [0.1, 0.15) is 0 Å². The molecule has 0 saturated heterocycles. The fourth-order valence-electron chi connectivity index (χ4n) is 2.43. The molecule has 0 aliphatic heterocycles. The standard InChI is InChI=1S/C17H13Cl2NO4S2/c1-20(26(23,24)16-8-4-7-15(18)17(16)19)25(21,22)14-10-9-12-5-2-3-6-13(12)11-14/h2-11H,1H3. The number of halogens is 2. The highest BCUT2D eigenvalue weighted by Crippen LogP contribution is 2.32. The van der Waals surface area contributed by atoms with Crippen molar-refractivity contribution in [1.82, 2.24) is 3.71 Å². The van der Waals surface area contributed by atoms with Crippen LogP contribution in [0.4, 0.5) is 0 Å². The fraction of sp³-hybridized carbons (Fsp3) is 0.0588. The highest BCUT2D eigenvalue weighted by molar-refractivity contribution is 8.04. The van der Waals surface area contributed by atoms with Gasteiger partial charge in [-0.05, 0) is 35.0 Å². The van der Waals surface area contributed by atoms with E-state index >= 15 is 0 Å². The van der Waals surface area contributed by atoms with Gasteiger partial charge in [-0.2, -0.15) is 0 Å². The molecule has 0 fully saturated rings. The molecule has 136 valence electrons. The maximum atomic E-state index is 12.9. The first kappa shape index (κ1) is 19.1. The van der Waals surface area contributed by atoms with Gasteiger partial charge in [-0.3, -0.25) is 0 Å². The quantitative estimate of drug-likeness (QED) is 0.623. The molecule has 0 amide bonds. The predicted molar refractivity (Wildman–Crippen MR) is 103 cm³/mol. The molecule has 0 saturated carbocycles. The number of hydrogen-bond acceptors (Lipinski definition) is 4. The lowest BCUT2D eigenvalue weighted by atomic mass is 10.1. The van der Waals surface area contributed by atoms with Gasteiger partial charge in [-0.15, -0.1) is 0 Å². The highest BCUT2D eigenvalue weighted by Gasteiger charge is 2.34. The molecule has 26 heavy (non-hydrogen) atoms. The lowest BCUT2D eigenvalue weighted by Gasteiger charge is -2.18. The summed E-state index contributed by atoms with van der Waals surface area (Å²) < 4.78 is 51.6. The maximum Gasteiger partial charge on any atom is 0.257 e. The van der Waals surface area contributed by atoms with Crippen molar-refractivity contribution in [1.29, 1.82) is 0 Å². The molecule has 3 rings (SSSR count). The summed E-state index contributed by atoms with van der Waals surface area (Å²) in [6, 6.07) is 15.6. The lowest BCUT2D eigenvalue weighted by molar-refractivity contribution is 0.526. The topological polar surface area (TPSA) is 71.5 Å². The largest absolute Gasteiger partial charge is 0.257 e. The monoisotopic (exact) mass is 429 g/mol. The van der Waals surface area contributed by atoms with Crippen LogP contribution in [-0.2, 0) is 20.0 Å². The van der Waals surface area contributed by atoms with E-state index in [1.807, 2.05) is 12.1 Å². The summed E-state index contributed by atoms with van der Waals surface area (Å²) in [5, 5.41) is 1.31. The Balaban J connectivity index is 2.12. The van der Waals surface area contributed by atoms with Crippen LogP contribution in [0.25, 0.3) is 10.8 Å². The van der Waals surface area contributed by atoms with Crippen LogP contribution >= 0.6 is 23.2 Å².